The van der Waals surface area contributed by atoms with Gasteiger partial charge in [0.2, 0.25) is 5.88 Å². The van der Waals surface area contributed by atoms with Gasteiger partial charge in [-0.05, 0) is 18.2 Å². The van der Waals surface area contributed by atoms with Gasteiger partial charge in [-0.15, -0.1) is 10.2 Å². The third-order valence-corrected chi connectivity index (χ3v) is 2.34. The van der Waals surface area contributed by atoms with Crippen molar-refractivity contribution in [1.82, 2.24) is 10.2 Å². The monoisotopic (exact) mass is 240 g/mol. The van der Waals surface area contributed by atoms with Gasteiger partial charge < -0.3 is 9.84 Å². The molecule has 4 heteroatoms. The van der Waals surface area contributed by atoms with Crippen molar-refractivity contribution in [1.29, 1.82) is 0 Å². The molecule has 1 aromatic carbocycles. The molecular weight excluding hydrogens is 228 g/mol. The van der Waals surface area contributed by atoms with E-state index >= 15 is 0 Å². The van der Waals surface area contributed by atoms with Crippen LogP contribution in [0.3, 0.4) is 0 Å². The van der Waals surface area contributed by atoms with Crippen LogP contribution in [0.4, 0.5) is 0 Å². The summed E-state index contributed by atoms with van der Waals surface area (Å²) in [5, 5.41) is 16.6. The highest BCUT2D eigenvalue weighted by molar-refractivity contribution is 5.60. The lowest BCUT2D eigenvalue weighted by atomic mass is 10.1. The minimum Gasteiger partial charge on any atom is -0.480 e. The first-order valence-corrected chi connectivity index (χ1v) is 5.41. The highest BCUT2D eigenvalue weighted by atomic mass is 16.5. The predicted octanol–water partition coefficient (Wildman–Crippen LogP) is 1.50. The molecule has 0 spiro atoms. The van der Waals surface area contributed by atoms with E-state index in [1.807, 2.05) is 30.3 Å². The smallest absolute Gasteiger partial charge is 0.233 e. The molecule has 0 aliphatic heterocycles. The Bertz CT molecular complexity index is 565. The van der Waals surface area contributed by atoms with Gasteiger partial charge in [-0.3, -0.25) is 0 Å². The van der Waals surface area contributed by atoms with Gasteiger partial charge >= 0.3 is 0 Å². The molecule has 0 bridgehead atoms. The topological polar surface area (TPSA) is 55.2 Å². The molecule has 0 aliphatic rings. The zero-order chi connectivity index (χ0) is 12.8. The summed E-state index contributed by atoms with van der Waals surface area (Å²) in [5.74, 6) is 5.93. The van der Waals surface area contributed by atoms with E-state index in [9.17, 15) is 0 Å². The highest BCUT2D eigenvalue weighted by Gasteiger charge is 2.00. The molecule has 2 rings (SSSR count). The third kappa shape index (κ3) is 2.84. The molecule has 0 radical (unpaired) electrons. The van der Waals surface area contributed by atoms with Crippen LogP contribution in [0.25, 0.3) is 11.3 Å². The van der Waals surface area contributed by atoms with Crippen LogP contribution < -0.4 is 4.74 Å². The number of benzene rings is 1. The summed E-state index contributed by atoms with van der Waals surface area (Å²) in [6.07, 6.45) is 0. The minimum absolute atomic E-state index is 0.133. The summed E-state index contributed by atoms with van der Waals surface area (Å²) >= 11 is 0. The fraction of sp³-hybridized carbons (Fsp3) is 0.143. The van der Waals surface area contributed by atoms with Crippen molar-refractivity contribution in [2.75, 3.05) is 13.7 Å². The van der Waals surface area contributed by atoms with E-state index in [-0.39, 0.29) is 6.61 Å². The van der Waals surface area contributed by atoms with Gasteiger partial charge in [0.1, 0.15) is 6.61 Å². The SMILES string of the molecule is COc1ccc(-c2ccc(C#CCO)cc2)nn1. The van der Waals surface area contributed by atoms with Gasteiger partial charge in [0, 0.05) is 17.2 Å². The van der Waals surface area contributed by atoms with Crippen molar-refractivity contribution in [2.24, 2.45) is 0 Å². The average Bonchev–Trinajstić information content (AvgIpc) is 2.46. The quantitative estimate of drug-likeness (QED) is 0.808. The molecular formula is C14H12N2O2. The maximum atomic E-state index is 8.61. The molecule has 0 saturated carbocycles. The molecule has 90 valence electrons. The number of ether oxygens (including phenoxy) is 1. The number of hydrogen-bond acceptors (Lipinski definition) is 4. The van der Waals surface area contributed by atoms with Crippen molar-refractivity contribution < 1.29 is 9.84 Å². The van der Waals surface area contributed by atoms with Crippen molar-refractivity contribution >= 4 is 0 Å². The number of aliphatic hydroxyl groups excluding tert-OH is 1. The van der Waals surface area contributed by atoms with Crippen LogP contribution in [-0.2, 0) is 0 Å². The summed E-state index contributed by atoms with van der Waals surface area (Å²) < 4.78 is 4.95. The first-order valence-electron chi connectivity index (χ1n) is 5.41. The Morgan fingerprint density at radius 1 is 1.11 bits per heavy atom. The molecule has 0 fully saturated rings. The van der Waals surface area contributed by atoms with Crippen molar-refractivity contribution in [3.8, 4) is 29.0 Å². The van der Waals surface area contributed by atoms with Gasteiger partial charge in [-0.1, -0.05) is 24.0 Å². The standard InChI is InChI=1S/C14H12N2O2/c1-18-14-9-8-13(15-16-14)12-6-4-11(5-7-12)3-2-10-17/h4-9,17H,10H2,1H3. The maximum absolute atomic E-state index is 8.61. The molecule has 0 aliphatic carbocycles. The van der Waals surface area contributed by atoms with Gasteiger partial charge in [0.25, 0.3) is 0 Å². The lowest BCUT2D eigenvalue weighted by Crippen LogP contribution is -1.92. The van der Waals surface area contributed by atoms with Crippen LogP contribution in [-0.4, -0.2) is 29.0 Å². The van der Waals surface area contributed by atoms with Crippen molar-refractivity contribution in [3.63, 3.8) is 0 Å². The number of methoxy groups -OCH3 is 1. The molecule has 0 unspecified atom stereocenters. The summed E-state index contributed by atoms with van der Waals surface area (Å²) in [7, 11) is 1.55. The second-order valence-electron chi connectivity index (χ2n) is 3.50. The van der Waals surface area contributed by atoms with E-state index in [4.69, 9.17) is 9.84 Å². The Kier molecular flexibility index (Phi) is 3.90. The number of hydrogen-bond donors (Lipinski definition) is 1. The molecule has 0 atom stereocenters. The fourth-order valence-electron chi connectivity index (χ4n) is 1.45. The Hall–Kier alpha value is -2.38. The van der Waals surface area contributed by atoms with Crippen LogP contribution in [0, 0.1) is 11.8 Å². The van der Waals surface area contributed by atoms with Crippen LogP contribution >= 0.6 is 0 Å². The average molecular weight is 240 g/mol. The molecule has 1 heterocycles. The normalized spacial score (nSPS) is 9.44. The molecule has 1 aromatic heterocycles. The van der Waals surface area contributed by atoms with Gasteiger partial charge in [0.15, 0.2) is 0 Å². The molecule has 18 heavy (non-hydrogen) atoms. The molecule has 1 N–H and O–H groups in total. The van der Waals surface area contributed by atoms with Crippen molar-refractivity contribution in [2.45, 2.75) is 0 Å². The number of nitrogens with zero attached hydrogens (tertiary/aromatic N) is 2. The number of aromatic nitrogens is 2. The van der Waals surface area contributed by atoms with E-state index < -0.39 is 0 Å². The van der Waals surface area contributed by atoms with Gasteiger partial charge in [-0.2, -0.15) is 0 Å². The van der Waals surface area contributed by atoms with E-state index in [1.54, 1.807) is 13.2 Å². The van der Waals surface area contributed by atoms with Gasteiger partial charge in [0.05, 0.1) is 12.8 Å². The highest BCUT2D eigenvalue weighted by Crippen LogP contribution is 2.17. The van der Waals surface area contributed by atoms with Gasteiger partial charge in [-0.25, -0.2) is 0 Å². The Morgan fingerprint density at radius 3 is 2.44 bits per heavy atom. The first kappa shape index (κ1) is 12.1. The molecule has 2 aromatic rings. The number of rotatable bonds is 2. The maximum Gasteiger partial charge on any atom is 0.233 e. The lowest BCUT2D eigenvalue weighted by molar-refractivity contribution is 0.350. The fourth-order valence-corrected chi connectivity index (χ4v) is 1.45. The second-order valence-corrected chi connectivity index (χ2v) is 3.50. The van der Waals surface area contributed by atoms with Crippen LogP contribution in [0.5, 0.6) is 5.88 Å². The molecule has 0 amide bonds. The lowest BCUT2D eigenvalue weighted by Gasteiger charge is -2.01. The van der Waals surface area contributed by atoms with E-state index in [1.165, 1.54) is 0 Å². The summed E-state index contributed by atoms with van der Waals surface area (Å²) in [4.78, 5) is 0. The van der Waals surface area contributed by atoms with E-state index in [0.717, 1.165) is 16.8 Å². The van der Waals surface area contributed by atoms with Crippen LogP contribution in [0.15, 0.2) is 36.4 Å². The molecule has 4 nitrogen and oxygen atoms in total. The zero-order valence-corrected chi connectivity index (χ0v) is 9.92. The van der Waals surface area contributed by atoms with Crippen LogP contribution in [0.2, 0.25) is 0 Å². The first-order chi connectivity index (χ1) is 8.83. The summed E-state index contributed by atoms with van der Waals surface area (Å²) in [5.41, 5.74) is 2.59. The largest absolute Gasteiger partial charge is 0.480 e. The predicted molar refractivity (Wildman–Crippen MR) is 68.0 cm³/mol. The summed E-state index contributed by atoms with van der Waals surface area (Å²) in [6, 6.07) is 11.2. The van der Waals surface area contributed by atoms with E-state index in [2.05, 4.69) is 22.0 Å². The zero-order valence-electron chi connectivity index (χ0n) is 9.92. The Balaban J connectivity index is 2.22. The second kappa shape index (κ2) is 5.80. The van der Waals surface area contributed by atoms with E-state index in [0.29, 0.717) is 5.88 Å². The Labute approximate surface area is 105 Å². The Morgan fingerprint density at radius 2 is 1.89 bits per heavy atom. The third-order valence-electron chi connectivity index (χ3n) is 2.34. The van der Waals surface area contributed by atoms with Crippen LogP contribution in [0.1, 0.15) is 5.56 Å². The number of aliphatic hydroxyl groups is 1. The minimum atomic E-state index is -0.133. The van der Waals surface area contributed by atoms with Crippen molar-refractivity contribution in [3.05, 3.63) is 42.0 Å². The summed E-state index contributed by atoms with van der Waals surface area (Å²) in [6.45, 7) is -0.133. The molecule has 0 saturated heterocycles.